The highest BCUT2D eigenvalue weighted by molar-refractivity contribution is 5.94. The molecule has 1 aromatic carbocycles. The molecule has 4 rings (SSSR count). The van der Waals surface area contributed by atoms with Crippen LogP contribution in [0.1, 0.15) is 35.0 Å². The van der Waals surface area contributed by atoms with Gasteiger partial charge in [0.1, 0.15) is 29.3 Å². The summed E-state index contributed by atoms with van der Waals surface area (Å²) < 4.78 is 34.5. The minimum atomic E-state index is -0.731. The highest BCUT2D eigenvalue weighted by atomic mass is 19.1. The van der Waals surface area contributed by atoms with Crippen LogP contribution in [0, 0.1) is 11.6 Å². The molecule has 3 aromatic rings. The molecule has 1 aliphatic heterocycles. The van der Waals surface area contributed by atoms with Crippen LogP contribution in [0.3, 0.4) is 0 Å². The molecule has 2 aromatic heterocycles. The van der Waals surface area contributed by atoms with Crippen LogP contribution in [-0.2, 0) is 19.5 Å². The first-order valence-electron chi connectivity index (χ1n) is 8.80. The zero-order chi connectivity index (χ0) is 19.0. The number of amides is 1. The molecule has 27 heavy (non-hydrogen) atoms. The lowest BCUT2D eigenvalue weighted by Crippen LogP contribution is -2.37. The highest BCUT2D eigenvalue weighted by Gasteiger charge is 2.30. The SMILES string of the molecule is CCCn1nc(-c2cocn2)c2c1CCN(C(=O)c1cc(F)ccc1F)C2. The molecule has 3 heterocycles. The Morgan fingerprint density at radius 1 is 1.33 bits per heavy atom. The maximum absolute atomic E-state index is 14.0. The van der Waals surface area contributed by atoms with E-state index < -0.39 is 17.5 Å². The van der Waals surface area contributed by atoms with Crippen molar-refractivity contribution in [2.75, 3.05) is 6.54 Å². The fourth-order valence-electron chi connectivity index (χ4n) is 3.43. The summed E-state index contributed by atoms with van der Waals surface area (Å²) in [5.74, 6) is -1.91. The van der Waals surface area contributed by atoms with Crippen LogP contribution in [-0.4, -0.2) is 32.1 Å². The van der Waals surface area contributed by atoms with Gasteiger partial charge in [-0.15, -0.1) is 0 Å². The second-order valence-corrected chi connectivity index (χ2v) is 6.47. The largest absolute Gasteiger partial charge is 0.451 e. The van der Waals surface area contributed by atoms with Gasteiger partial charge in [-0.1, -0.05) is 6.92 Å². The summed E-state index contributed by atoms with van der Waals surface area (Å²) in [6.45, 7) is 3.49. The molecule has 0 saturated carbocycles. The van der Waals surface area contributed by atoms with Gasteiger partial charge in [0.15, 0.2) is 6.39 Å². The predicted molar refractivity (Wildman–Crippen MR) is 92.8 cm³/mol. The highest BCUT2D eigenvalue weighted by Crippen LogP contribution is 2.30. The molecular formula is C19H18F2N4O2. The first kappa shape index (κ1) is 17.4. The number of hydrogen-bond donors (Lipinski definition) is 0. The molecule has 8 heteroatoms. The van der Waals surface area contributed by atoms with Crippen molar-refractivity contribution in [3.05, 3.63) is 59.3 Å². The van der Waals surface area contributed by atoms with E-state index >= 15 is 0 Å². The number of carbonyl (C=O) groups is 1. The maximum Gasteiger partial charge on any atom is 0.257 e. The Hall–Kier alpha value is -3.03. The van der Waals surface area contributed by atoms with Crippen LogP contribution in [0.2, 0.25) is 0 Å². The predicted octanol–water partition coefficient (Wildman–Crippen LogP) is 3.42. The quantitative estimate of drug-likeness (QED) is 0.704. The maximum atomic E-state index is 14.0. The molecule has 0 fully saturated rings. The van der Waals surface area contributed by atoms with E-state index in [-0.39, 0.29) is 12.1 Å². The number of rotatable bonds is 4. The Kier molecular flexibility index (Phi) is 4.47. The van der Waals surface area contributed by atoms with Crippen molar-refractivity contribution in [3.8, 4) is 11.4 Å². The molecule has 140 valence electrons. The third-order valence-electron chi connectivity index (χ3n) is 4.69. The summed E-state index contributed by atoms with van der Waals surface area (Å²) in [5, 5.41) is 4.64. The minimum absolute atomic E-state index is 0.260. The molecule has 0 spiro atoms. The van der Waals surface area contributed by atoms with E-state index in [9.17, 15) is 13.6 Å². The van der Waals surface area contributed by atoms with Gasteiger partial charge in [-0.25, -0.2) is 13.8 Å². The average molecular weight is 372 g/mol. The van der Waals surface area contributed by atoms with Gasteiger partial charge in [0.05, 0.1) is 12.1 Å². The van der Waals surface area contributed by atoms with Crippen molar-refractivity contribution in [2.45, 2.75) is 32.9 Å². The summed E-state index contributed by atoms with van der Waals surface area (Å²) in [6, 6.07) is 2.90. The lowest BCUT2D eigenvalue weighted by atomic mass is 10.0. The van der Waals surface area contributed by atoms with Gasteiger partial charge in [-0.05, 0) is 24.6 Å². The normalized spacial score (nSPS) is 13.7. The van der Waals surface area contributed by atoms with E-state index in [0.717, 1.165) is 42.4 Å². The molecule has 0 aliphatic carbocycles. The second-order valence-electron chi connectivity index (χ2n) is 6.47. The molecule has 6 nitrogen and oxygen atoms in total. The first-order chi connectivity index (χ1) is 13.1. The standard InChI is InChI=1S/C19H18F2N4O2/c1-2-6-25-17-5-7-24(19(26)13-8-12(20)3-4-15(13)21)9-14(17)18(23-25)16-10-27-11-22-16/h3-4,8,10-11H,2,5-7,9H2,1H3. The van der Waals surface area contributed by atoms with Gasteiger partial charge < -0.3 is 9.32 Å². The number of fused-ring (bicyclic) bond motifs is 1. The third kappa shape index (κ3) is 3.11. The fraction of sp³-hybridized carbons (Fsp3) is 0.316. The Morgan fingerprint density at radius 3 is 2.93 bits per heavy atom. The van der Waals surface area contributed by atoms with Crippen LogP contribution < -0.4 is 0 Å². The lowest BCUT2D eigenvalue weighted by Gasteiger charge is -2.28. The van der Waals surface area contributed by atoms with Crippen molar-refractivity contribution in [1.29, 1.82) is 0 Å². The van der Waals surface area contributed by atoms with E-state index in [4.69, 9.17) is 4.42 Å². The number of hydrogen-bond acceptors (Lipinski definition) is 4. The molecular weight excluding hydrogens is 354 g/mol. The van der Waals surface area contributed by atoms with Crippen LogP contribution in [0.25, 0.3) is 11.4 Å². The van der Waals surface area contributed by atoms with Gasteiger partial charge in [-0.3, -0.25) is 9.48 Å². The van der Waals surface area contributed by atoms with Gasteiger partial charge >= 0.3 is 0 Å². The zero-order valence-corrected chi connectivity index (χ0v) is 14.8. The van der Waals surface area contributed by atoms with Crippen molar-refractivity contribution in [3.63, 3.8) is 0 Å². The van der Waals surface area contributed by atoms with E-state index in [0.29, 0.717) is 24.4 Å². The Morgan fingerprint density at radius 2 is 2.19 bits per heavy atom. The zero-order valence-electron chi connectivity index (χ0n) is 14.8. The number of nitrogens with zero attached hydrogens (tertiary/aromatic N) is 4. The van der Waals surface area contributed by atoms with E-state index in [1.807, 2.05) is 4.68 Å². The van der Waals surface area contributed by atoms with E-state index in [2.05, 4.69) is 17.0 Å². The smallest absolute Gasteiger partial charge is 0.257 e. The topological polar surface area (TPSA) is 64.2 Å². The second kappa shape index (κ2) is 6.94. The number of carbonyl (C=O) groups excluding carboxylic acids is 1. The summed E-state index contributed by atoms with van der Waals surface area (Å²) in [6.07, 6.45) is 4.34. The van der Waals surface area contributed by atoms with Crippen LogP contribution >= 0.6 is 0 Å². The molecule has 1 aliphatic rings. The van der Waals surface area contributed by atoms with Crippen molar-refractivity contribution >= 4 is 5.91 Å². The number of oxazole rings is 1. The lowest BCUT2D eigenvalue weighted by molar-refractivity contribution is 0.0728. The van der Waals surface area contributed by atoms with Crippen molar-refractivity contribution in [1.82, 2.24) is 19.7 Å². The van der Waals surface area contributed by atoms with Crippen LogP contribution in [0.5, 0.6) is 0 Å². The average Bonchev–Trinajstić information content (AvgIpc) is 3.31. The van der Waals surface area contributed by atoms with Gasteiger partial charge in [0, 0.05) is 30.8 Å². The monoisotopic (exact) mass is 372 g/mol. The van der Waals surface area contributed by atoms with E-state index in [1.165, 1.54) is 17.6 Å². The van der Waals surface area contributed by atoms with Gasteiger partial charge in [0.2, 0.25) is 0 Å². The molecule has 0 bridgehead atoms. The number of aromatic nitrogens is 3. The number of aryl methyl sites for hydroxylation is 1. The van der Waals surface area contributed by atoms with Crippen molar-refractivity contribution in [2.24, 2.45) is 0 Å². The molecule has 1 amide bonds. The molecule has 0 saturated heterocycles. The number of benzene rings is 1. The third-order valence-corrected chi connectivity index (χ3v) is 4.69. The molecule has 0 atom stereocenters. The Labute approximate surface area is 154 Å². The van der Waals surface area contributed by atoms with Crippen LogP contribution in [0.15, 0.2) is 35.3 Å². The molecule has 0 N–H and O–H groups in total. The van der Waals surface area contributed by atoms with Crippen molar-refractivity contribution < 1.29 is 18.0 Å². The Bertz CT molecular complexity index is 982. The summed E-state index contributed by atoms with van der Waals surface area (Å²) >= 11 is 0. The summed E-state index contributed by atoms with van der Waals surface area (Å²) in [4.78, 5) is 18.5. The molecule has 0 unspecified atom stereocenters. The fourth-order valence-corrected chi connectivity index (χ4v) is 3.43. The Balaban J connectivity index is 1.70. The summed E-state index contributed by atoms with van der Waals surface area (Å²) in [5.41, 5.74) is 2.89. The van der Waals surface area contributed by atoms with E-state index in [1.54, 1.807) is 0 Å². The van der Waals surface area contributed by atoms with Crippen LogP contribution in [0.4, 0.5) is 8.78 Å². The van der Waals surface area contributed by atoms with Gasteiger partial charge in [0.25, 0.3) is 5.91 Å². The first-order valence-corrected chi connectivity index (χ1v) is 8.80. The molecule has 0 radical (unpaired) electrons. The minimum Gasteiger partial charge on any atom is -0.451 e. The van der Waals surface area contributed by atoms with Gasteiger partial charge in [-0.2, -0.15) is 5.10 Å². The number of halogens is 2. The summed E-state index contributed by atoms with van der Waals surface area (Å²) in [7, 11) is 0.